The van der Waals surface area contributed by atoms with Gasteiger partial charge in [-0.2, -0.15) is 4.98 Å². The molecule has 11 heteroatoms. The predicted octanol–water partition coefficient (Wildman–Crippen LogP) is 0.306. The van der Waals surface area contributed by atoms with Crippen molar-refractivity contribution in [3.05, 3.63) is 46.4 Å². The van der Waals surface area contributed by atoms with E-state index in [2.05, 4.69) is 32.4 Å². The van der Waals surface area contributed by atoms with Crippen LogP contribution in [0.1, 0.15) is 21.5 Å². The van der Waals surface area contributed by atoms with Gasteiger partial charge in [-0.3, -0.25) is 14.9 Å². The zero-order valence-corrected chi connectivity index (χ0v) is 16.4. The molecule has 1 atom stereocenters. The Labute approximate surface area is 175 Å². The molecule has 4 rings (SSSR count). The first kappa shape index (κ1) is 19.5. The normalized spacial score (nSPS) is 19.7. The van der Waals surface area contributed by atoms with Crippen molar-refractivity contribution in [2.75, 3.05) is 19.4 Å². The van der Waals surface area contributed by atoms with Crippen LogP contribution in [0.5, 0.6) is 5.75 Å². The molecule has 152 valence electrons. The maximum Gasteiger partial charge on any atom is 0.323 e. The van der Waals surface area contributed by atoms with Crippen LogP contribution in [0.25, 0.3) is 0 Å². The number of nitrogen functional groups attached to an aromatic ring is 1. The molecule has 2 aliphatic rings. The van der Waals surface area contributed by atoms with Gasteiger partial charge < -0.3 is 20.7 Å². The van der Waals surface area contributed by atoms with E-state index in [4.69, 9.17) is 22.1 Å². The number of halogens is 1. The Morgan fingerprint density at radius 3 is 2.83 bits per heavy atom. The molecule has 0 bridgehead atoms. The first-order valence-corrected chi connectivity index (χ1v) is 9.10. The van der Waals surface area contributed by atoms with E-state index in [0.717, 1.165) is 5.56 Å². The second-order valence-corrected chi connectivity index (χ2v) is 7.02. The van der Waals surface area contributed by atoms with Gasteiger partial charge in [0.15, 0.2) is 0 Å². The van der Waals surface area contributed by atoms with E-state index in [0.29, 0.717) is 11.3 Å². The van der Waals surface area contributed by atoms with E-state index in [9.17, 15) is 14.4 Å². The number of nitrogens with two attached hydrogens (primary N) is 1. The van der Waals surface area contributed by atoms with Crippen LogP contribution in [-0.2, 0) is 11.3 Å². The Balaban J connectivity index is 1.66. The summed E-state index contributed by atoms with van der Waals surface area (Å²) in [5.74, 6) is 5.05. The molecule has 0 unspecified atom stereocenters. The number of ether oxygens (including phenoxy) is 1. The highest BCUT2D eigenvalue weighted by Crippen LogP contribution is 2.28. The van der Waals surface area contributed by atoms with E-state index in [-0.39, 0.29) is 35.7 Å². The molecule has 0 aliphatic carbocycles. The molecule has 30 heavy (non-hydrogen) atoms. The van der Waals surface area contributed by atoms with Gasteiger partial charge in [0.25, 0.3) is 11.8 Å². The highest BCUT2D eigenvalue weighted by molar-refractivity contribution is 6.28. The fourth-order valence-electron chi connectivity index (χ4n) is 3.25. The van der Waals surface area contributed by atoms with Crippen molar-refractivity contribution in [1.29, 1.82) is 0 Å². The van der Waals surface area contributed by atoms with E-state index < -0.39 is 17.5 Å². The van der Waals surface area contributed by atoms with Crippen LogP contribution in [0.3, 0.4) is 0 Å². The Kier molecular flexibility index (Phi) is 4.67. The molecule has 1 saturated heterocycles. The van der Waals surface area contributed by atoms with E-state index in [1.165, 1.54) is 18.2 Å². The maximum absolute atomic E-state index is 12.9. The molecule has 0 radical (unpaired) electrons. The summed E-state index contributed by atoms with van der Waals surface area (Å²) in [6.45, 7) is 0.0959. The topological polar surface area (TPSA) is 140 Å². The summed E-state index contributed by atoms with van der Waals surface area (Å²) in [5.41, 5.74) is 5.60. The third-order valence-electron chi connectivity index (χ3n) is 4.76. The number of hydrogen-bond acceptors (Lipinski definition) is 7. The van der Waals surface area contributed by atoms with Crippen LogP contribution >= 0.6 is 11.6 Å². The van der Waals surface area contributed by atoms with Crippen molar-refractivity contribution in [3.8, 4) is 17.6 Å². The smallest absolute Gasteiger partial charge is 0.323 e. The van der Waals surface area contributed by atoms with Gasteiger partial charge in [0.2, 0.25) is 10.8 Å². The third-order valence-corrected chi connectivity index (χ3v) is 4.95. The van der Waals surface area contributed by atoms with Crippen molar-refractivity contribution in [2.24, 2.45) is 0 Å². The molecular formula is C19H15ClN6O4. The van der Waals surface area contributed by atoms with Gasteiger partial charge >= 0.3 is 6.03 Å². The summed E-state index contributed by atoms with van der Waals surface area (Å²) >= 11 is 5.68. The Hall–Kier alpha value is -3.84. The van der Waals surface area contributed by atoms with E-state index in [1.54, 1.807) is 18.2 Å². The number of hydrogen-bond donors (Lipinski definition) is 3. The standard InChI is InChI=1S/C19H15ClN6O4/c1-30-12-3-2-11-8-26(15(27)13(11)6-12)9-19(16(28)24-18(29)25-19)5-4-10-7-22-17(20)23-14(10)21/h2-3,6-7H,8-9H2,1H3,(H2,21,22,23)(H2,24,25,28,29)/t19-/m1/s1. The van der Waals surface area contributed by atoms with Crippen LogP contribution in [-0.4, -0.2) is 51.9 Å². The van der Waals surface area contributed by atoms with E-state index >= 15 is 0 Å². The van der Waals surface area contributed by atoms with Crippen LogP contribution < -0.4 is 21.1 Å². The quantitative estimate of drug-likeness (QED) is 0.364. The maximum atomic E-state index is 12.9. The summed E-state index contributed by atoms with van der Waals surface area (Å²) in [5, 5.41) is 4.63. The minimum absolute atomic E-state index is 0.0270. The first-order chi connectivity index (χ1) is 14.3. The molecule has 2 aliphatic heterocycles. The number of anilines is 1. The first-order valence-electron chi connectivity index (χ1n) is 8.72. The number of nitrogens with zero attached hydrogens (tertiary/aromatic N) is 3. The fraction of sp³-hybridized carbons (Fsp3) is 0.211. The van der Waals surface area contributed by atoms with Crippen molar-refractivity contribution in [1.82, 2.24) is 25.5 Å². The van der Waals surface area contributed by atoms with Gasteiger partial charge in [0, 0.05) is 18.3 Å². The fourth-order valence-corrected chi connectivity index (χ4v) is 3.39. The summed E-state index contributed by atoms with van der Waals surface area (Å²) in [6.07, 6.45) is 1.31. The number of imide groups is 1. The second kappa shape index (κ2) is 7.20. The van der Waals surface area contributed by atoms with Gasteiger partial charge in [-0.05, 0) is 29.3 Å². The second-order valence-electron chi connectivity index (χ2n) is 6.69. The lowest BCUT2D eigenvalue weighted by Gasteiger charge is -2.26. The molecule has 0 saturated carbocycles. The van der Waals surface area contributed by atoms with Crippen molar-refractivity contribution in [2.45, 2.75) is 12.1 Å². The van der Waals surface area contributed by atoms with Gasteiger partial charge in [-0.15, -0.1) is 0 Å². The third kappa shape index (κ3) is 3.35. The monoisotopic (exact) mass is 426 g/mol. The Morgan fingerprint density at radius 1 is 1.37 bits per heavy atom. The van der Waals surface area contributed by atoms with Crippen molar-refractivity contribution >= 4 is 35.3 Å². The number of nitrogens with one attached hydrogen (secondary N) is 2. The van der Waals surface area contributed by atoms with Gasteiger partial charge in [-0.1, -0.05) is 17.9 Å². The SMILES string of the molecule is COc1ccc2c(c1)C(=O)N(C[C@@]1(C#Cc3cnc(Cl)nc3N)NC(=O)NC1=O)C2. The summed E-state index contributed by atoms with van der Waals surface area (Å²) in [4.78, 5) is 46.4. The lowest BCUT2D eigenvalue weighted by Crippen LogP contribution is -2.54. The van der Waals surface area contributed by atoms with Gasteiger partial charge in [0.05, 0.1) is 19.2 Å². The van der Waals surface area contributed by atoms with Crippen LogP contribution in [0.2, 0.25) is 5.28 Å². The zero-order chi connectivity index (χ0) is 21.5. The number of benzene rings is 1. The lowest BCUT2D eigenvalue weighted by molar-refractivity contribution is -0.122. The lowest BCUT2D eigenvalue weighted by atomic mass is 9.99. The predicted molar refractivity (Wildman–Crippen MR) is 105 cm³/mol. The molecule has 10 nitrogen and oxygen atoms in total. The number of carbonyl (C=O) groups excluding carboxylic acids is 3. The molecule has 1 fully saturated rings. The largest absolute Gasteiger partial charge is 0.497 e. The molecule has 4 N–H and O–H groups in total. The minimum Gasteiger partial charge on any atom is -0.497 e. The molecule has 0 spiro atoms. The highest BCUT2D eigenvalue weighted by Gasteiger charge is 2.48. The minimum atomic E-state index is -1.66. The number of methoxy groups -OCH3 is 1. The number of aromatic nitrogens is 2. The van der Waals surface area contributed by atoms with Crippen LogP contribution in [0.4, 0.5) is 10.6 Å². The molecule has 3 heterocycles. The number of fused-ring (bicyclic) bond motifs is 1. The number of carbonyl (C=O) groups is 3. The molecule has 1 aromatic carbocycles. The molecular weight excluding hydrogens is 412 g/mol. The number of amides is 4. The summed E-state index contributed by atoms with van der Waals surface area (Å²) in [6, 6.07) is 4.46. The van der Waals surface area contributed by atoms with Crippen molar-refractivity contribution < 1.29 is 19.1 Å². The summed E-state index contributed by atoms with van der Waals surface area (Å²) in [7, 11) is 1.51. The average Bonchev–Trinajstić information content (AvgIpc) is 3.16. The van der Waals surface area contributed by atoms with Gasteiger partial charge in [0.1, 0.15) is 11.6 Å². The van der Waals surface area contributed by atoms with E-state index in [1.807, 2.05) is 0 Å². The Morgan fingerprint density at radius 2 is 2.17 bits per heavy atom. The molecule has 2 aromatic rings. The number of rotatable bonds is 3. The van der Waals surface area contributed by atoms with Crippen LogP contribution in [0.15, 0.2) is 24.4 Å². The Bertz CT molecular complexity index is 1160. The highest BCUT2D eigenvalue weighted by atomic mass is 35.5. The molecule has 1 aromatic heterocycles. The summed E-state index contributed by atoms with van der Waals surface area (Å²) < 4.78 is 5.17. The average molecular weight is 427 g/mol. The number of urea groups is 1. The van der Waals surface area contributed by atoms with Gasteiger partial charge in [-0.25, -0.2) is 9.78 Å². The zero-order valence-electron chi connectivity index (χ0n) is 15.7. The van der Waals surface area contributed by atoms with Crippen LogP contribution in [0, 0.1) is 11.8 Å². The molecule has 4 amide bonds. The van der Waals surface area contributed by atoms with Crippen molar-refractivity contribution in [3.63, 3.8) is 0 Å².